The van der Waals surface area contributed by atoms with Gasteiger partial charge in [-0.05, 0) is 24.8 Å². The van der Waals surface area contributed by atoms with Crippen molar-refractivity contribution < 1.29 is 0 Å². The molecule has 2 heteroatoms. The second kappa shape index (κ2) is 25.3. The van der Waals surface area contributed by atoms with Gasteiger partial charge < -0.3 is 9.80 Å². The first-order chi connectivity index (χ1) is 19.8. The van der Waals surface area contributed by atoms with Gasteiger partial charge in [-0.25, -0.2) is 0 Å². The van der Waals surface area contributed by atoms with Gasteiger partial charge in [0.1, 0.15) is 6.17 Å². The van der Waals surface area contributed by atoms with Gasteiger partial charge in [0.25, 0.3) is 0 Å². The third-order valence-corrected chi connectivity index (χ3v) is 9.01. The van der Waals surface area contributed by atoms with E-state index < -0.39 is 0 Å². The predicted octanol–water partition coefficient (Wildman–Crippen LogP) is 12.4. The minimum absolute atomic E-state index is 0.552. The largest absolute Gasteiger partial charge is 0.356 e. The minimum atomic E-state index is 0.552. The lowest BCUT2D eigenvalue weighted by Crippen LogP contribution is -2.38. The van der Waals surface area contributed by atoms with Gasteiger partial charge in [0.15, 0.2) is 0 Å². The van der Waals surface area contributed by atoms with Crippen LogP contribution in [0.4, 0.5) is 0 Å². The number of hydrogen-bond donors (Lipinski definition) is 0. The Kier molecular flexibility index (Phi) is 22.0. The van der Waals surface area contributed by atoms with E-state index in [1.165, 1.54) is 173 Å². The highest BCUT2D eigenvalue weighted by atomic mass is 15.4. The number of unbranched alkanes of at least 4 members (excludes halogenated alkanes) is 22. The van der Waals surface area contributed by atoms with Crippen LogP contribution >= 0.6 is 0 Å². The summed E-state index contributed by atoms with van der Waals surface area (Å²) in [6, 6.07) is 11.1. The van der Waals surface area contributed by atoms with Gasteiger partial charge in [-0.15, -0.1) is 0 Å². The van der Waals surface area contributed by atoms with Crippen molar-refractivity contribution in [2.75, 3.05) is 6.54 Å². The fourth-order valence-corrected chi connectivity index (χ4v) is 6.37. The van der Waals surface area contributed by atoms with E-state index in [9.17, 15) is 0 Å². The summed E-state index contributed by atoms with van der Waals surface area (Å²) >= 11 is 0. The molecule has 1 heterocycles. The molecule has 0 saturated carbocycles. The molecule has 1 aliphatic rings. The highest BCUT2D eigenvalue weighted by molar-refractivity contribution is 5.16. The summed E-state index contributed by atoms with van der Waals surface area (Å²) in [5, 5.41) is 0. The molecule has 40 heavy (non-hydrogen) atoms. The number of nitrogens with zero attached hydrogens (tertiary/aromatic N) is 2. The highest BCUT2D eigenvalue weighted by Gasteiger charge is 2.25. The van der Waals surface area contributed by atoms with Gasteiger partial charge in [-0.3, -0.25) is 0 Å². The maximum Gasteiger partial charge on any atom is 0.101 e. The zero-order valence-electron chi connectivity index (χ0n) is 27.1. The summed E-state index contributed by atoms with van der Waals surface area (Å²) in [5.74, 6) is 0. The van der Waals surface area contributed by atoms with E-state index in [0.717, 1.165) is 6.54 Å². The number of rotatable bonds is 28. The van der Waals surface area contributed by atoms with Crippen molar-refractivity contribution in [2.24, 2.45) is 0 Å². The molecule has 1 atom stereocenters. The van der Waals surface area contributed by atoms with E-state index in [2.05, 4.69) is 66.4 Å². The van der Waals surface area contributed by atoms with E-state index in [-0.39, 0.29) is 0 Å². The summed E-state index contributed by atoms with van der Waals surface area (Å²) in [6.07, 6.45) is 40.9. The molecular weight excluding hydrogens is 484 g/mol. The van der Waals surface area contributed by atoms with E-state index in [1.54, 1.807) is 0 Å². The Morgan fingerprint density at radius 1 is 0.450 bits per heavy atom. The molecule has 2 rings (SSSR count). The molecule has 0 aromatic heterocycles. The van der Waals surface area contributed by atoms with E-state index in [4.69, 9.17) is 0 Å². The van der Waals surface area contributed by atoms with Crippen LogP contribution in [0, 0.1) is 0 Å². The molecule has 0 saturated heterocycles. The van der Waals surface area contributed by atoms with Crippen molar-refractivity contribution in [3.8, 4) is 0 Å². The third-order valence-electron chi connectivity index (χ3n) is 9.01. The van der Waals surface area contributed by atoms with Crippen molar-refractivity contribution in [1.29, 1.82) is 0 Å². The molecule has 0 N–H and O–H groups in total. The average Bonchev–Trinajstić information content (AvgIpc) is 3.35. The molecule has 0 aliphatic carbocycles. The second-order valence-electron chi connectivity index (χ2n) is 12.7. The average molecular weight is 553 g/mol. The quantitative estimate of drug-likeness (QED) is 0.0954. The Hall–Kier alpha value is -1.44. The molecular formula is C38H68N2. The first-order valence-electron chi connectivity index (χ1n) is 18.1. The van der Waals surface area contributed by atoms with Gasteiger partial charge in [0, 0.05) is 25.5 Å². The lowest BCUT2D eigenvalue weighted by Gasteiger charge is -2.33. The zero-order valence-corrected chi connectivity index (χ0v) is 27.1. The first-order valence-corrected chi connectivity index (χ1v) is 18.1. The van der Waals surface area contributed by atoms with Crippen molar-refractivity contribution >= 4 is 0 Å². The Morgan fingerprint density at radius 3 is 1.32 bits per heavy atom. The molecule has 1 unspecified atom stereocenters. The Bertz CT molecular complexity index is 684. The summed E-state index contributed by atoms with van der Waals surface area (Å²) < 4.78 is 0. The smallest absolute Gasteiger partial charge is 0.101 e. The molecule has 0 radical (unpaired) electrons. The maximum atomic E-state index is 2.66. The van der Waals surface area contributed by atoms with E-state index in [1.807, 2.05) is 0 Å². The molecule has 2 nitrogen and oxygen atoms in total. The van der Waals surface area contributed by atoms with Crippen LogP contribution < -0.4 is 0 Å². The van der Waals surface area contributed by atoms with Gasteiger partial charge in [0.05, 0.1) is 0 Å². The molecule has 0 fully saturated rings. The van der Waals surface area contributed by atoms with Crippen LogP contribution in [0.1, 0.15) is 180 Å². The molecule has 1 aromatic carbocycles. The van der Waals surface area contributed by atoms with Crippen molar-refractivity contribution in [3.63, 3.8) is 0 Å². The van der Waals surface area contributed by atoms with Gasteiger partial charge in [0.2, 0.25) is 0 Å². The highest BCUT2D eigenvalue weighted by Crippen LogP contribution is 2.25. The standard InChI is InChI=1S/C38H68N2/c1-3-5-7-9-11-13-15-16-17-19-21-23-28-32-38-39(34-35-40(38)36-37-30-26-25-27-31-37)33-29-24-22-20-18-14-12-10-8-6-4-2/h25-27,30-31,34-35,38H,3-24,28-29,32-33,36H2,1-2H3. The minimum Gasteiger partial charge on any atom is -0.356 e. The summed E-state index contributed by atoms with van der Waals surface area (Å²) in [4.78, 5) is 5.27. The van der Waals surface area contributed by atoms with Crippen LogP contribution in [-0.4, -0.2) is 22.5 Å². The van der Waals surface area contributed by atoms with Crippen LogP contribution in [0.3, 0.4) is 0 Å². The Labute approximate surface area is 251 Å². The molecule has 0 bridgehead atoms. The van der Waals surface area contributed by atoms with Crippen LogP contribution in [0.2, 0.25) is 0 Å². The molecule has 0 spiro atoms. The summed E-state index contributed by atoms with van der Waals surface area (Å²) in [7, 11) is 0. The normalized spacial score (nSPS) is 15.0. The van der Waals surface area contributed by atoms with Crippen molar-refractivity contribution in [1.82, 2.24) is 9.80 Å². The van der Waals surface area contributed by atoms with Gasteiger partial charge >= 0.3 is 0 Å². The maximum absolute atomic E-state index is 2.66. The topological polar surface area (TPSA) is 6.48 Å². The van der Waals surface area contributed by atoms with Crippen LogP contribution in [0.15, 0.2) is 42.7 Å². The van der Waals surface area contributed by atoms with Gasteiger partial charge in [-0.2, -0.15) is 0 Å². The zero-order chi connectivity index (χ0) is 28.4. The van der Waals surface area contributed by atoms with Gasteiger partial charge in [-0.1, -0.05) is 185 Å². The van der Waals surface area contributed by atoms with Crippen molar-refractivity contribution in [3.05, 3.63) is 48.3 Å². The third kappa shape index (κ3) is 17.4. The monoisotopic (exact) mass is 553 g/mol. The fourth-order valence-electron chi connectivity index (χ4n) is 6.37. The van der Waals surface area contributed by atoms with Crippen LogP contribution in [-0.2, 0) is 6.54 Å². The Balaban J connectivity index is 1.58. The van der Waals surface area contributed by atoms with Crippen LogP contribution in [0.5, 0.6) is 0 Å². The molecule has 230 valence electrons. The SMILES string of the molecule is CCCCCCCCCCCCCCCC1N(CCCCCCCCCCCCC)C=CN1Cc1ccccc1. The lowest BCUT2D eigenvalue weighted by molar-refractivity contribution is 0.132. The first kappa shape index (κ1) is 34.8. The predicted molar refractivity (Wildman–Crippen MR) is 178 cm³/mol. The van der Waals surface area contributed by atoms with Crippen LogP contribution in [0.25, 0.3) is 0 Å². The molecule has 0 amide bonds. The number of benzene rings is 1. The lowest BCUT2D eigenvalue weighted by atomic mass is 10.0. The molecule has 1 aromatic rings. The second-order valence-corrected chi connectivity index (χ2v) is 12.7. The fraction of sp³-hybridized carbons (Fsp3) is 0.789. The Morgan fingerprint density at radius 2 is 0.850 bits per heavy atom. The summed E-state index contributed by atoms with van der Waals surface area (Å²) in [6.45, 7) is 6.87. The number of hydrogen-bond acceptors (Lipinski definition) is 2. The molecule has 1 aliphatic heterocycles. The van der Waals surface area contributed by atoms with E-state index >= 15 is 0 Å². The van der Waals surface area contributed by atoms with Crippen molar-refractivity contribution in [2.45, 2.75) is 187 Å². The van der Waals surface area contributed by atoms with E-state index in [0.29, 0.717) is 6.17 Å². The summed E-state index contributed by atoms with van der Waals surface area (Å²) in [5.41, 5.74) is 1.43.